The van der Waals surface area contributed by atoms with Gasteiger partial charge in [-0.25, -0.2) is 0 Å². The molecule has 1 aromatic rings. The predicted octanol–water partition coefficient (Wildman–Crippen LogP) is 2.47. The van der Waals surface area contributed by atoms with Gasteiger partial charge >= 0.3 is 5.97 Å². The van der Waals surface area contributed by atoms with Crippen molar-refractivity contribution in [3.05, 3.63) is 17.0 Å². The van der Waals surface area contributed by atoms with Crippen molar-refractivity contribution in [3.63, 3.8) is 0 Å². The number of hydrogen-bond acceptors (Lipinski definition) is 6. The molecule has 1 fully saturated rings. The average molecular weight is 340 g/mol. The van der Waals surface area contributed by atoms with Gasteiger partial charge in [0.25, 0.3) is 0 Å². The van der Waals surface area contributed by atoms with Gasteiger partial charge in [0.05, 0.1) is 25.0 Å². The van der Waals surface area contributed by atoms with Crippen LogP contribution in [0.3, 0.4) is 0 Å². The van der Waals surface area contributed by atoms with Gasteiger partial charge in [0.1, 0.15) is 5.76 Å². The normalized spacial score (nSPS) is 18.0. The summed E-state index contributed by atoms with van der Waals surface area (Å²) in [5.74, 6) is 1.77. The molecule has 0 N–H and O–H groups in total. The fraction of sp³-hybridized carbons (Fsp3) is 0.688. The van der Waals surface area contributed by atoms with Gasteiger partial charge in [-0.15, -0.1) is 11.8 Å². The molecule has 7 heteroatoms. The maximum Gasteiger partial charge on any atom is 0.307 e. The summed E-state index contributed by atoms with van der Waals surface area (Å²) < 4.78 is 9.87. The molecule has 0 saturated carbocycles. The molecular formula is C16H24N2O4S. The number of ether oxygens (including phenoxy) is 1. The van der Waals surface area contributed by atoms with Crippen LogP contribution in [-0.2, 0) is 20.1 Å². The first-order valence-electron chi connectivity index (χ1n) is 7.88. The number of methoxy groups -OCH3 is 1. The molecule has 1 aliphatic rings. The highest BCUT2D eigenvalue weighted by Gasteiger charge is 2.28. The summed E-state index contributed by atoms with van der Waals surface area (Å²) in [5.41, 5.74) is 1.94. The second-order valence-electron chi connectivity index (χ2n) is 5.81. The number of carbonyl (C=O) groups excluding carboxylic acids is 2. The van der Waals surface area contributed by atoms with Crippen molar-refractivity contribution >= 4 is 23.6 Å². The number of aryl methyl sites for hydroxylation is 2. The van der Waals surface area contributed by atoms with E-state index in [2.05, 4.69) is 5.16 Å². The van der Waals surface area contributed by atoms with E-state index in [-0.39, 0.29) is 24.3 Å². The lowest BCUT2D eigenvalue weighted by Gasteiger charge is -2.35. The maximum atomic E-state index is 12.5. The molecule has 2 heterocycles. The fourth-order valence-electron chi connectivity index (χ4n) is 2.85. The van der Waals surface area contributed by atoms with Crippen LogP contribution in [0, 0.1) is 13.8 Å². The minimum absolute atomic E-state index is 0.0247. The van der Waals surface area contributed by atoms with Gasteiger partial charge in [-0.2, -0.15) is 0 Å². The van der Waals surface area contributed by atoms with E-state index in [4.69, 9.17) is 9.26 Å². The summed E-state index contributed by atoms with van der Waals surface area (Å²) >= 11 is 1.56. The lowest BCUT2D eigenvalue weighted by molar-refractivity contribution is -0.144. The van der Waals surface area contributed by atoms with E-state index in [1.165, 1.54) is 7.11 Å². The lowest BCUT2D eigenvalue weighted by atomic mass is 9.99. The Morgan fingerprint density at radius 3 is 2.83 bits per heavy atom. The Bertz CT molecular complexity index is 539. The Labute approximate surface area is 140 Å². The Morgan fingerprint density at radius 2 is 2.17 bits per heavy atom. The Hall–Kier alpha value is -1.50. The van der Waals surface area contributed by atoms with Crippen LogP contribution < -0.4 is 0 Å². The van der Waals surface area contributed by atoms with E-state index >= 15 is 0 Å². The molecule has 0 aliphatic carbocycles. The van der Waals surface area contributed by atoms with Gasteiger partial charge in [-0.1, -0.05) is 5.16 Å². The molecule has 1 aromatic heterocycles. The molecule has 1 amide bonds. The van der Waals surface area contributed by atoms with Gasteiger partial charge in [0.2, 0.25) is 5.91 Å². The maximum absolute atomic E-state index is 12.5. The third-order valence-corrected chi connectivity index (χ3v) is 5.17. The minimum atomic E-state index is -0.252. The van der Waals surface area contributed by atoms with E-state index < -0.39 is 0 Å². The van der Waals surface area contributed by atoms with Crippen molar-refractivity contribution in [2.45, 2.75) is 51.3 Å². The number of likely N-dealkylation sites (tertiary alicyclic amines) is 1. The van der Waals surface area contributed by atoms with Crippen LogP contribution in [0.15, 0.2) is 4.52 Å². The third kappa shape index (κ3) is 4.73. The van der Waals surface area contributed by atoms with Gasteiger partial charge in [0.15, 0.2) is 0 Å². The van der Waals surface area contributed by atoms with Gasteiger partial charge in [-0.3, -0.25) is 9.59 Å². The average Bonchev–Trinajstić information content (AvgIpc) is 2.87. The van der Waals surface area contributed by atoms with Crippen molar-refractivity contribution in [3.8, 4) is 0 Å². The zero-order valence-corrected chi connectivity index (χ0v) is 14.8. The highest BCUT2D eigenvalue weighted by molar-refractivity contribution is 7.99. The Morgan fingerprint density at radius 1 is 1.39 bits per heavy atom. The fourth-order valence-corrected chi connectivity index (χ4v) is 3.91. The van der Waals surface area contributed by atoms with Crippen LogP contribution in [0.1, 0.15) is 42.7 Å². The van der Waals surface area contributed by atoms with E-state index in [0.29, 0.717) is 11.5 Å². The van der Waals surface area contributed by atoms with Gasteiger partial charge in [-0.05, 0) is 33.1 Å². The molecule has 2 rings (SSSR count). The summed E-state index contributed by atoms with van der Waals surface area (Å²) in [6.45, 7) is 4.52. The first kappa shape index (κ1) is 17.8. The second kappa shape index (κ2) is 8.38. The van der Waals surface area contributed by atoms with Gasteiger partial charge in [0, 0.05) is 23.9 Å². The minimum Gasteiger partial charge on any atom is -0.469 e. The molecule has 0 bridgehead atoms. The number of thioether (sulfide) groups is 1. The first-order valence-corrected chi connectivity index (χ1v) is 9.04. The smallest absolute Gasteiger partial charge is 0.307 e. The quantitative estimate of drug-likeness (QED) is 0.741. The van der Waals surface area contributed by atoms with Crippen molar-refractivity contribution in [2.24, 2.45) is 0 Å². The van der Waals surface area contributed by atoms with Crippen LogP contribution in [0.4, 0.5) is 0 Å². The predicted molar refractivity (Wildman–Crippen MR) is 88.1 cm³/mol. The number of nitrogens with zero attached hydrogens (tertiary/aromatic N) is 2. The number of piperidine rings is 1. The largest absolute Gasteiger partial charge is 0.469 e. The first-order chi connectivity index (χ1) is 11.0. The van der Waals surface area contributed by atoms with Crippen LogP contribution in [-0.4, -0.2) is 47.4 Å². The summed E-state index contributed by atoms with van der Waals surface area (Å²) in [4.78, 5) is 25.8. The van der Waals surface area contributed by atoms with Crippen LogP contribution in [0.2, 0.25) is 0 Å². The molecule has 1 aliphatic heterocycles. The highest BCUT2D eigenvalue weighted by atomic mass is 32.2. The number of rotatable bonds is 6. The highest BCUT2D eigenvalue weighted by Crippen LogP contribution is 2.23. The topological polar surface area (TPSA) is 72.6 Å². The summed E-state index contributed by atoms with van der Waals surface area (Å²) in [5, 5.41) is 3.92. The Kier molecular flexibility index (Phi) is 6.50. The number of carbonyl (C=O) groups is 2. The molecule has 6 nitrogen and oxygen atoms in total. The van der Waals surface area contributed by atoms with Crippen molar-refractivity contribution in [1.82, 2.24) is 10.1 Å². The van der Waals surface area contributed by atoms with E-state index in [1.54, 1.807) is 11.8 Å². The molecule has 1 saturated heterocycles. The van der Waals surface area contributed by atoms with E-state index in [9.17, 15) is 9.59 Å². The third-order valence-electron chi connectivity index (χ3n) is 4.23. The lowest BCUT2D eigenvalue weighted by Crippen LogP contribution is -2.45. The SMILES string of the molecule is COC(=O)CC1CCCCN1C(=O)CSCc1c(C)noc1C. The molecule has 0 aromatic carbocycles. The standard InChI is InChI=1S/C16H24N2O4S/c1-11-14(12(2)22-17-11)9-23-10-15(19)18-7-5-4-6-13(18)8-16(20)21-3/h13H,4-10H2,1-3H3. The zero-order chi connectivity index (χ0) is 16.8. The molecule has 1 atom stereocenters. The number of amides is 1. The summed E-state index contributed by atoms with van der Waals surface area (Å²) in [7, 11) is 1.39. The monoisotopic (exact) mass is 340 g/mol. The van der Waals surface area contributed by atoms with Crippen molar-refractivity contribution in [1.29, 1.82) is 0 Å². The molecular weight excluding hydrogens is 316 g/mol. The van der Waals surface area contributed by atoms with E-state index in [0.717, 1.165) is 42.8 Å². The summed E-state index contributed by atoms with van der Waals surface area (Å²) in [6, 6.07) is -0.0247. The van der Waals surface area contributed by atoms with Crippen molar-refractivity contribution < 1.29 is 18.8 Å². The zero-order valence-electron chi connectivity index (χ0n) is 14.0. The Balaban J connectivity index is 1.86. The number of esters is 1. The molecule has 1 unspecified atom stereocenters. The summed E-state index contributed by atoms with van der Waals surface area (Å²) in [6.07, 6.45) is 3.21. The second-order valence-corrected chi connectivity index (χ2v) is 6.80. The number of aromatic nitrogens is 1. The van der Waals surface area contributed by atoms with E-state index in [1.807, 2.05) is 18.7 Å². The van der Waals surface area contributed by atoms with Crippen LogP contribution in [0.25, 0.3) is 0 Å². The molecule has 0 spiro atoms. The molecule has 128 valence electrons. The van der Waals surface area contributed by atoms with Crippen LogP contribution >= 0.6 is 11.8 Å². The van der Waals surface area contributed by atoms with Crippen LogP contribution in [0.5, 0.6) is 0 Å². The van der Waals surface area contributed by atoms with Gasteiger partial charge < -0.3 is 14.2 Å². The molecule has 23 heavy (non-hydrogen) atoms. The van der Waals surface area contributed by atoms with Crippen molar-refractivity contribution in [2.75, 3.05) is 19.4 Å². The molecule has 0 radical (unpaired) electrons. The number of hydrogen-bond donors (Lipinski definition) is 0.